The summed E-state index contributed by atoms with van der Waals surface area (Å²) in [5, 5.41) is 2.16. The van der Waals surface area contributed by atoms with Crippen molar-refractivity contribution in [2.75, 3.05) is 0 Å². The zero-order valence-corrected chi connectivity index (χ0v) is 28.0. The lowest BCUT2D eigenvalue weighted by Crippen LogP contribution is -1.97. The maximum Gasteiger partial charge on any atom is 0.160 e. The van der Waals surface area contributed by atoms with E-state index in [1.54, 1.807) is 0 Å². The largest absolute Gasteiger partial charge is 0.245 e. The standard InChI is InChI=1S/C47H32N4/c1-31-28-42(49-46-40(31)26-24-37-25-27-41(48-45(37)46)34-14-7-3-8-15-34)38-18-11-19-39(29-38)47-50-43(35-16-9-4-10-17-35)30-44(51-47)36-22-20-33(21-23-36)32-12-5-2-6-13-32/h2-30H,1H3. The summed E-state index contributed by atoms with van der Waals surface area (Å²) in [6.07, 6.45) is 0. The van der Waals surface area contributed by atoms with E-state index in [0.29, 0.717) is 5.82 Å². The molecule has 0 fully saturated rings. The zero-order chi connectivity index (χ0) is 34.1. The van der Waals surface area contributed by atoms with Gasteiger partial charge in [-0.3, -0.25) is 0 Å². The summed E-state index contributed by atoms with van der Waals surface area (Å²) in [5.41, 5.74) is 14.0. The van der Waals surface area contributed by atoms with Crippen LogP contribution in [0.2, 0.25) is 0 Å². The zero-order valence-electron chi connectivity index (χ0n) is 28.0. The van der Waals surface area contributed by atoms with E-state index in [2.05, 4.69) is 140 Å². The lowest BCUT2D eigenvalue weighted by molar-refractivity contribution is 1.18. The highest BCUT2D eigenvalue weighted by atomic mass is 14.9. The highest BCUT2D eigenvalue weighted by molar-refractivity contribution is 6.05. The van der Waals surface area contributed by atoms with Gasteiger partial charge in [0.1, 0.15) is 0 Å². The van der Waals surface area contributed by atoms with Crippen LogP contribution in [0, 0.1) is 6.92 Å². The van der Waals surface area contributed by atoms with E-state index in [-0.39, 0.29) is 0 Å². The minimum atomic E-state index is 0.664. The van der Waals surface area contributed by atoms with E-state index in [9.17, 15) is 0 Å². The Hall–Kier alpha value is -6.78. The third-order valence-corrected chi connectivity index (χ3v) is 9.42. The fourth-order valence-corrected chi connectivity index (χ4v) is 6.72. The molecular weight excluding hydrogens is 621 g/mol. The van der Waals surface area contributed by atoms with Crippen molar-refractivity contribution in [2.45, 2.75) is 6.92 Å². The third-order valence-electron chi connectivity index (χ3n) is 9.42. The average molecular weight is 653 g/mol. The molecule has 4 heteroatoms. The molecule has 0 aliphatic rings. The lowest BCUT2D eigenvalue weighted by atomic mass is 10.0. The first kappa shape index (κ1) is 30.3. The minimum absolute atomic E-state index is 0.664. The summed E-state index contributed by atoms with van der Waals surface area (Å²) >= 11 is 0. The smallest absolute Gasteiger partial charge is 0.160 e. The molecule has 9 aromatic rings. The molecule has 0 saturated carbocycles. The summed E-state index contributed by atoms with van der Waals surface area (Å²) in [6.45, 7) is 2.14. The van der Waals surface area contributed by atoms with Crippen LogP contribution in [0.3, 0.4) is 0 Å². The van der Waals surface area contributed by atoms with Crippen molar-refractivity contribution in [2.24, 2.45) is 0 Å². The van der Waals surface area contributed by atoms with Gasteiger partial charge in [-0.2, -0.15) is 0 Å². The number of hydrogen-bond acceptors (Lipinski definition) is 4. The molecule has 0 bridgehead atoms. The second-order valence-corrected chi connectivity index (χ2v) is 12.8. The molecule has 0 aliphatic heterocycles. The van der Waals surface area contributed by atoms with Gasteiger partial charge in [0.15, 0.2) is 5.82 Å². The molecule has 0 aliphatic carbocycles. The summed E-state index contributed by atoms with van der Waals surface area (Å²) < 4.78 is 0. The van der Waals surface area contributed by atoms with Crippen LogP contribution in [-0.4, -0.2) is 19.9 Å². The van der Waals surface area contributed by atoms with Crippen molar-refractivity contribution < 1.29 is 0 Å². The first-order chi connectivity index (χ1) is 25.2. The molecule has 0 saturated heterocycles. The summed E-state index contributed by atoms with van der Waals surface area (Å²) in [4.78, 5) is 20.6. The van der Waals surface area contributed by atoms with E-state index in [0.717, 1.165) is 78.0 Å². The van der Waals surface area contributed by atoms with Gasteiger partial charge in [-0.1, -0.05) is 152 Å². The van der Waals surface area contributed by atoms with Crippen LogP contribution in [-0.2, 0) is 0 Å². The Morgan fingerprint density at radius 3 is 1.49 bits per heavy atom. The van der Waals surface area contributed by atoms with E-state index in [1.807, 2.05) is 42.5 Å². The van der Waals surface area contributed by atoms with Crippen LogP contribution in [0.25, 0.3) is 89.4 Å². The van der Waals surface area contributed by atoms with E-state index in [1.165, 1.54) is 11.1 Å². The minimum Gasteiger partial charge on any atom is -0.245 e. The highest BCUT2D eigenvalue weighted by Crippen LogP contribution is 2.34. The topological polar surface area (TPSA) is 51.6 Å². The Morgan fingerprint density at radius 1 is 0.314 bits per heavy atom. The Bertz CT molecular complexity index is 2670. The van der Waals surface area contributed by atoms with Crippen molar-refractivity contribution in [3.63, 3.8) is 0 Å². The number of aryl methyl sites for hydroxylation is 1. The van der Waals surface area contributed by atoms with Crippen molar-refractivity contribution in [3.05, 3.63) is 181 Å². The molecule has 0 N–H and O–H groups in total. The van der Waals surface area contributed by atoms with Gasteiger partial charge in [0.25, 0.3) is 0 Å². The Balaban J connectivity index is 1.15. The van der Waals surface area contributed by atoms with Crippen molar-refractivity contribution >= 4 is 21.8 Å². The highest BCUT2D eigenvalue weighted by Gasteiger charge is 2.14. The fourth-order valence-electron chi connectivity index (χ4n) is 6.72. The van der Waals surface area contributed by atoms with Crippen LogP contribution < -0.4 is 0 Å². The van der Waals surface area contributed by atoms with Gasteiger partial charge in [-0.25, -0.2) is 19.9 Å². The first-order valence-electron chi connectivity index (χ1n) is 17.1. The van der Waals surface area contributed by atoms with Crippen LogP contribution in [0.1, 0.15) is 5.56 Å². The summed E-state index contributed by atoms with van der Waals surface area (Å²) in [6, 6.07) is 60.8. The van der Waals surface area contributed by atoms with Gasteiger partial charge >= 0.3 is 0 Å². The number of benzene rings is 6. The second kappa shape index (κ2) is 12.9. The van der Waals surface area contributed by atoms with Gasteiger partial charge in [0, 0.05) is 38.6 Å². The molecule has 240 valence electrons. The van der Waals surface area contributed by atoms with Gasteiger partial charge in [0.05, 0.1) is 33.8 Å². The number of fused-ring (bicyclic) bond motifs is 3. The average Bonchev–Trinajstić information content (AvgIpc) is 3.21. The van der Waals surface area contributed by atoms with E-state index >= 15 is 0 Å². The Labute approximate surface area is 296 Å². The van der Waals surface area contributed by atoms with Crippen molar-refractivity contribution in [3.8, 4) is 67.5 Å². The summed E-state index contributed by atoms with van der Waals surface area (Å²) in [5.74, 6) is 0.664. The van der Waals surface area contributed by atoms with Gasteiger partial charge < -0.3 is 0 Å². The van der Waals surface area contributed by atoms with Crippen LogP contribution in [0.15, 0.2) is 176 Å². The van der Waals surface area contributed by atoms with Crippen LogP contribution in [0.4, 0.5) is 0 Å². The number of nitrogens with zero attached hydrogens (tertiary/aromatic N) is 4. The quantitative estimate of drug-likeness (QED) is 0.168. The molecule has 0 amide bonds. The predicted octanol–water partition coefficient (Wildman–Crippen LogP) is 11.9. The normalized spacial score (nSPS) is 11.2. The van der Waals surface area contributed by atoms with E-state index in [4.69, 9.17) is 19.9 Å². The monoisotopic (exact) mass is 652 g/mol. The summed E-state index contributed by atoms with van der Waals surface area (Å²) in [7, 11) is 0. The van der Waals surface area contributed by atoms with E-state index < -0.39 is 0 Å². The Kier molecular flexibility index (Phi) is 7.67. The second-order valence-electron chi connectivity index (χ2n) is 12.8. The molecule has 4 nitrogen and oxygen atoms in total. The predicted molar refractivity (Wildman–Crippen MR) is 210 cm³/mol. The van der Waals surface area contributed by atoms with Crippen molar-refractivity contribution in [1.29, 1.82) is 0 Å². The molecule has 9 rings (SSSR count). The SMILES string of the molecule is Cc1cc(-c2cccc(-c3nc(-c4ccccc4)cc(-c4ccc(-c5ccccc5)cc4)n3)c2)nc2c1ccc1ccc(-c3ccccc3)nc12. The van der Waals surface area contributed by atoms with Gasteiger partial charge in [-0.05, 0) is 47.9 Å². The number of pyridine rings is 2. The van der Waals surface area contributed by atoms with Crippen LogP contribution >= 0.6 is 0 Å². The Morgan fingerprint density at radius 2 is 0.804 bits per heavy atom. The molecule has 3 heterocycles. The molecule has 0 atom stereocenters. The lowest BCUT2D eigenvalue weighted by Gasteiger charge is -2.12. The number of rotatable bonds is 6. The molecule has 6 aromatic carbocycles. The van der Waals surface area contributed by atoms with Crippen LogP contribution in [0.5, 0.6) is 0 Å². The maximum atomic E-state index is 5.26. The maximum absolute atomic E-state index is 5.26. The number of hydrogen-bond donors (Lipinski definition) is 0. The van der Waals surface area contributed by atoms with Gasteiger partial charge in [-0.15, -0.1) is 0 Å². The molecule has 0 spiro atoms. The molecule has 0 unspecified atom stereocenters. The first-order valence-corrected chi connectivity index (χ1v) is 17.1. The fraction of sp³-hybridized carbons (Fsp3) is 0.0213. The number of aromatic nitrogens is 4. The molecule has 3 aromatic heterocycles. The van der Waals surface area contributed by atoms with Gasteiger partial charge in [0.2, 0.25) is 0 Å². The molecule has 51 heavy (non-hydrogen) atoms. The molecule has 0 radical (unpaired) electrons. The third kappa shape index (κ3) is 5.94. The molecular formula is C47H32N4. The van der Waals surface area contributed by atoms with Crippen molar-refractivity contribution in [1.82, 2.24) is 19.9 Å².